The summed E-state index contributed by atoms with van der Waals surface area (Å²) in [4.78, 5) is 11.8. The highest BCUT2D eigenvalue weighted by molar-refractivity contribution is 7.15. The normalized spacial score (nSPS) is 10.8. The van der Waals surface area contributed by atoms with Gasteiger partial charge in [0, 0.05) is 12.5 Å². The highest BCUT2D eigenvalue weighted by atomic mass is 35.5. The molecule has 0 saturated heterocycles. The first-order chi connectivity index (χ1) is 10.4. The second kappa shape index (κ2) is 7.76. The second-order valence-corrected chi connectivity index (χ2v) is 6.89. The average Bonchev–Trinajstić information content (AvgIpc) is 2.86. The first-order valence-corrected chi connectivity index (χ1v) is 8.21. The number of anilines is 1. The molecule has 8 heteroatoms. The molecule has 5 nitrogen and oxygen atoms in total. The van der Waals surface area contributed by atoms with Gasteiger partial charge in [-0.25, -0.2) is 0 Å². The monoisotopic (exact) mass is 359 g/mol. The van der Waals surface area contributed by atoms with Crippen molar-refractivity contribution in [3.8, 4) is 5.75 Å². The van der Waals surface area contributed by atoms with E-state index in [2.05, 4.69) is 29.4 Å². The van der Waals surface area contributed by atoms with Crippen LogP contribution in [0.15, 0.2) is 18.2 Å². The molecule has 1 heterocycles. The van der Waals surface area contributed by atoms with E-state index in [1.54, 1.807) is 18.2 Å². The zero-order chi connectivity index (χ0) is 16.1. The number of nitrogens with zero attached hydrogens (tertiary/aromatic N) is 2. The number of rotatable bonds is 6. The summed E-state index contributed by atoms with van der Waals surface area (Å²) in [5, 5.41) is 12.8. The summed E-state index contributed by atoms with van der Waals surface area (Å²) in [7, 11) is 0. The summed E-state index contributed by atoms with van der Waals surface area (Å²) >= 11 is 13.0. The predicted octanol–water partition coefficient (Wildman–Crippen LogP) is 4.06. The smallest absolute Gasteiger partial charge is 0.264 e. The third kappa shape index (κ3) is 5.12. The molecule has 0 aliphatic heterocycles. The number of nitrogens with one attached hydrogen (secondary N) is 1. The Bertz CT molecular complexity index is 661. The van der Waals surface area contributed by atoms with Gasteiger partial charge < -0.3 is 4.74 Å². The number of carbonyl (C=O) groups excluding carboxylic acids is 1. The Hall–Kier alpha value is -1.37. The van der Waals surface area contributed by atoms with E-state index < -0.39 is 0 Å². The quantitative estimate of drug-likeness (QED) is 0.844. The van der Waals surface area contributed by atoms with Crippen LogP contribution < -0.4 is 10.1 Å². The molecule has 0 radical (unpaired) electrons. The van der Waals surface area contributed by atoms with Crippen LogP contribution in [0.2, 0.25) is 10.0 Å². The van der Waals surface area contributed by atoms with Crippen LogP contribution in [0.5, 0.6) is 5.75 Å². The van der Waals surface area contributed by atoms with Crippen molar-refractivity contribution in [2.75, 3.05) is 11.9 Å². The number of hydrogen-bond acceptors (Lipinski definition) is 5. The van der Waals surface area contributed by atoms with Gasteiger partial charge in [-0.05, 0) is 18.1 Å². The van der Waals surface area contributed by atoms with Crippen LogP contribution >= 0.6 is 34.5 Å². The highest BCUT2D eigenvalue weighted by Gasteiger charge is 2.10. The molecule has 1 amide bonds. The van der Waals surface area contributed by atoms with Crippen molar-refractivity contribution in [1.82, 2.24) is 10.2 Å². The van der Waals surface area contributed by atoms with Gasteiger partial charge >= 0.3 is 0 Å². The summed E-state index contributed by atoms with van der Waals surface area (Å²) in [5.74, 6) is 0.662. The van der Waals surface area contributed by atoms with E-state index in [-0.39, 0.29) is 12.5 Å². The largest absolute Gasteiger partial charge is 0.484 e. The fourth-order valence-electron chi connectivity index (χ4n) is 1.61. The summed E-state index contributed by atoms with van der Waals surface area (Å²) in [6.45, 7) is 4.06. The van der Waals surface area contributed by atoms with Crippen molar-refractivity contribution in [2.45, 2.75) is 20.3 Å². The Kier molecular flexibility index (Phi) is 5.99. The molecule has 0 bridgehead atoms. The first kappa shape index (κ1) is 17.0. The second-order valence-electron chi connectivity index (χ2n) is 5.01. The summed E-state index contributed by atoms with van der Waals surface area (Å²) < 4.78 is 5.35. The number of hydrogen-bond donors (Lipinski definition) is 1. The average molecular weight is 360 g/mol. The number of amides is 1. The van der Waals surface area contributed by atoms with Crippen LogP contribution in [0.1, 0.15) is 18.9 Å². The fourth-order valence-corrected chi connectivity index (χ4v) is 2.86. The number of carbonyl (C=O) groups is 1. The Morgan fingerprint density at radius 2 is 2.09 bits per heavy atom. The number of halogens is 2. The van der Waals surface area contributed by atoms with Crippen LogP contribution in [-0.4, -0.2) is 22.7 Å². The maximum absolute atomic E-state index is 11.8. The summed E-state index contributed by atoms with van der Waals surface area (Å²) in [5.41, 5.74) is 0. The maximum Gasteiger partial charge on any atom is 0.264 e. The molecule has 0 aliphatic rings. The van der Waals surface area contributed by atoms with Gasteiger partial charge in [-0.2, -0.15) is 0 Å². The number of aromatic nitrogens is 2. The lowest BCUT2D eigenvalue weighted by molar-refractivity contribution is -0.118. The molecule has 2 aromatic rings. The molecule has 0 unspecified atom stereocenters. The molecule has 0 spiro atoms. The molecule has 2 rings (SSSR count). The predicted molar refractivity (Wildman–Crippen MR) is 89.0 cm³/mol. The summed E-state index contributed by atoms with van der Waals surface area (Å²) in [6.07, 6.45) is 0.841. The molecule has 1 aromatic heterocycles. The van der Waals surface area contributed by atoms with Gasteiger partial charge in [-0.15, -0.1) is 10.2 Å². The third-order valence-electron chi connectivity index (χ3n) is 2.56. The first-order valence-electron chi connectivity index (χ1n) is 6.64. The molecule has 22 heavy (non-hydrogen) atoms. The lowest BCUT2D eigenvalue weighted by atomic mass is 10.1. The van der Waals surface area contributed by atoms with E-state index in [1.165, 1.54) is 11.3 Å². The molecule has 0 atom stereocenters. The van der Waals surface area contributed by atoms with Crippen LogP contribution in [0, 0.1) is 5.92 Å². The van der Waals surface area contributed by atoms with Gasteiger partial charge in [-0.3, -0.25) is 10.1 Å². The molecule has 0 aliphatic carbocycles. The van der Waals surface area contributed by atoms with Gasteiger partial charge in [0.1, 0.15) is 10.8 Å². The van der Waals surface area contributed by atoms with Crippen LogP contribution in [0.4, 0.5) is 5.13 Å². The standard InChI is InChI=1S/C14H15Cl2N3O2S/c1-8(2)5-13-18-19-14(22-13)17-12(20)7-21-9-3-4-10(15)11(16)6-9/h3-4,6,8H,5,7H2,1-2H3,(H,17,19,20). The van der Waals surface area contributed by atoms with Gasteiger partial charge in [0.05, 0.1) is 10.0 Å². The van der Waals surface area contributed by atoms with E-state index in [4.69, 9.17) is 27.9 Å². The van der Waals surface area contributed by atoms with Crippen LogP contribution in [0.25, 0.3) is 0 Å². The van der Waals surface area contributed by atoms with Crippen molar-refractivity contribution in [3.63, 3.8) is 0 Å². The molecule has 1 N–H and O–H groups in total. The lowest BCUT2D eigenvalue weighted by Crippen LogP contribution is -2.20. The van der Waals surface area contributed by atoms with Crippen LogP contribution in [0.3, 0.4) is 0 Å². The van der Waals surface area contributed by atoms with Crippen molar-refractivity contribution in [1.29, 1.82) is 0 Å². The van der Waals surface area contributed by atoms with E-state index >= 15 is 0 Å². The van der Waals surface area contributed by atoms with E-state index in [0.29, 0.717) is 26.8 Å². The van der Waals surface area contributed by atoms with Crippen molar-refractivity contribution in [2.24, 2.45) is 5.92 Å². The van der Waals surface area contributed by atoms with Crippen molar-refractivity contribution >= 4 is 45.6 Å². The zero-order valence-corrected chi connectivity index (χ0v) is 14.4. The molecule has 0 fully saturated rings. The third-order valence-corrected chi connectivity index (χ3v) is 4.16. The molecule has 1 aromatic carbocycles. The van der Waals surface area contributed by atoms with E-state index in [9.17, 15) is 4.79 Å². The minimum atomic E-state index is -0.307. The Balaban J connectivity index is 1.84. The minimum absolute atomic E-state index is 0.142. The zero-order valence-electron chi connectivity index (χ0n) is 12.1. The van der Waals surface area contributed by atoms with Gasteiger partial charge in [0.2, 0.25) is 5.13 Å². The highest BCUT2D eigenvalue weighted by Crippen LogP contribution is 2.26. The Labute approximate surface area is 142 Å². The molecule has 0 saturated carbocycles. The topological polar surface area (TPSA) is 64.1 Å². The number of benzene rings is 1. The van der Waals surface area contributed by atoms with Gasteiger partial charge in [-0.1, -0.05) is 48.4 Å². The van der Waals surface area contributed by atoms with Crippen LogP contribution in [-0.2, 0) is 11.2 Å². The van der Waals surface area contributed by atoms with Crippen molar-refractivity contribution in [3.05, 3.63) is 33.3 Å². The molecular weight excluding hydrogens is 345 g/mol. The van der Waals surface area contributed by atoms with Gasteiger partial charge in [0.15, 0.2) is 6.61 Å². The van der Waals surface area contributed by atoms with Crippen molar-refractivity contribution < 1.29 is 9.53 Å². The SMILES string of the molecule is CC(C)Cc1nnc(NC(=O)COc2ccc(Cl)c(Cl)c2)s1. The maximum atomic E-state index is 11.8. The Morgan fingerprint density at radius 3 is 2.77 bits per heavy atom. The minimum Gasteiger partial charge on any atom is -0.484 e. The van der Waals surface area contributed by atoms with Gasteiger partial charge in [0.25, 0.3) is 5.91 Å². The van der Waals surface area contributed by atoms with E-state index in [0.717, 1.165) is 11.4 Å². The van der Waals surface area contributed by atoms with E-state index in [1.807, 2.05) is 0 Å². The lowest BCUT2D eigenvalue weighted by Gasteiger charge is -2.06. The Morgan fingerprint density at radius 1 is 1.32 bits per heavy atom. The molecular formula is C14H15Cl2N3O2S. The fraction of sp³-hybridized carbons (Fsp3) is 0.357. The summed E-state index contributed by atoms with van der Waals surface area (Å²) in [6, 6.07) is 4.82. The number of ether oxygens (including phenoxy) is 1. The molecule has 118 valence electrons.